The summed E-state index contributed by atoms with van der Waals surface area (Å²) >= 11 is 0. The zero-order chi connectivity index (χ0) is 14.7. The number of hydrogen-bond donors (Lipinski definition) is 4. The molecule has 7 heteroatoms. The van der Waals surface area contributed by atoms with Crippen molar-refractivity contribution in [2.24, 2.45) is 0 Å². The molecule has 0 heterocycles. The lowest BCUT2D eigenvalue weighted by molar-refractivity contribution is 0.105. The predicted octanol–water partition coefficient (Wildman–Crippen LogP) is -0.0111. The van der Waals surface area contributed by atoms with Crippen molar-refractivity contribution in [3.63, 3.8) is 0 Å². The monoisotopic (exact) mass is 288 g/mol. The molecule has 1 rings (SSSR count). The number of hydrogen-bond acceptors (Lipinski definition) is 5. The molecule has 108 valence electrons. The number of aliphatic hydroxyl groups excluding tert-OH is 2. The largest absolute Gasteiger partial charge is 0.398 e. The standard InChI is InChI=1S/C12H20N2O4S/c1-3-12(7-15,8-16)14-19(17,18)10-5-4-9(2)11(13)6-10/h4-6,14-16H,3,7-8,13H2,1-2H3. The van der Waals surface area contributed by atoms with Crippen LogP contribution in [0.4, 0.5) is 5.69 Å². The van der Waals surface area contributed by atoms with Crippen molar-refractivity contribution >= 4 is 15.7 Å². The van der Waals surface area contributed by atoms with Crippen molar-refractivity contribution in [3.8, 4) is 0 Å². The van der Waals surface area contributed by atoms with Crippen molar-refractivity contribution in [1.29, 1.82) is 0 Å². The second-order valence-corrected chi connectivity index (χ2v) is 6.26. The lowest BCUT2D eigenvalue weighted by Gasteiger charge is -2.29. The lowest BCUT2D eigenvalue weighted by Crippen LogP contribution is -2.53. The van der Waals surface area contributed by atoms with E-state index < -0.39 is 28.8 Å². The van der Waals surface area contributed by atoms with Gasteiger partial charge in [0.1, 0.15) is 0 Å². The van der Waals surface area contributed by atoms with Crippen LogP contribution in [-0.4, -0.2) is 37.4 Å². The Kier molecular flexibility index (Phi) is 4.92. The van der Waals surface area contributed by atoms with Gasteiger partial charge in [-0.05, 0) is 31.0 Å². The minimum absolute atomic E-state index is 0.00956. The quantitative estimate of drug-likeness (QED) is 0.550. The number of benzene rings is 1. The highest BCUT2D eigenvalue weighted by Crippen LogP contribution is 2.20. The van der Waals surface area contributed by atoms with Crippen LogP contribution >= 0.6 is 0 Å². The molecule has 0 atom stereocenters. The first kappa shape index (κ1) is 15.9. The molecular formula is C12H20N2O4S. The number of sulfonamides is 1. The molecule has 0 saturated heterocycles. The predicted molar refractivity (Wildman–Crippen MR) is 73.1 cm³/mol. The van der Waals surface area contributed by atoms with Crippen LogP contribution in [-0.2, 0) is 10.0 Å². The first-order chi connectivity index (χ1) is 8.80. The Bertz CT molecular complexity index is 530. The Hall–Kier alpha value is -1.15. The summed E-state index contributed by atoms with van der Waals surface area (Å²) in [5, 5.41) is 18.5. The number of aryl methyl sites for hydroxylation is 1. The van der Waals surface area contributed by atoms with Gasteiger partial charge in [-0.2, -0.15) is 0 Å². The molecule has 0 aromatic heterocycles. The number of anilines is 1. The lowest BCUT2D eigenvalue weighted by atomic mass is 10.0. The molecule has 1 aromatic rings. The van der Waals surface area contributed by atoms with Crippen molar-refractivity contribution in [2.45, 2.75) is 30.7 Å². The van der Waals surface area contributed by atoms with Crippen LogP contribution in [0.2, 0.25) is 0 Å². The van der Waals surface area contributed by atoms with Gasteiger partial charge >= 0.3 is 0 Å². The Balaban J connectivity index is 3.14. The molecule has 0 saturated carbocycles. The highest BCUT2D eigenvalue weighted by Gasteiger charge is 2.32. The third-order valence-electron chi connectivity index (χ3n) is 3.19. The number of aliphatic hydroxyl groups is 2. The van der Waals surface area contributed by atoms with Crippen molar-refractivity contribution in [1.82, 2.24) is 4.72 Å². The van der Waals surface area contributed by atoms with E-state index in [0.29, 0.717) is 5.69 Å². The second-order valence-electron chi connectivity index (χ2n) is 4.57. The normalized spacial score (nSPS) is 12.6. The average molecular weight is 288 g/mol. The number of nitrogens with two attached hydrogens (primary N) is 1. The van der Waals surface area contributed by atoms with Crippen LogP contribution < -0.4 is 10.5 Å². The van der Waals surface area contributed by atoms with E-state index in [0.717, 1.165) is 5.56 Å². The van der Waals surface area contributed by atoms with Crippen molar-refractivity contribution in [3.05, 3.63) is 23.8 Å². The summed E-state index contributed by atoms with van der Waals surface area (Å²) in [5.41, 5.74) is 5.58. The van der Waals surface area contributed by atoms with Gasteiger partial charge in [0.25, 0.3) is 0 Å². The molecule has 19 heavy (non-hydrogen) atoms. The molecule has 0 fully saturated rings. The van der Waals surface area contributed by atoms with E-state index in [1.807, 2.05) is 0 Å². The van der Waals surface area contributed by atoms with Crippen molar-refractivity contribution in [2.75, 3.05) is 18.9 Å². The second kappa shape index (κ2) is 5.87. The molecule has 5 N–H and O–H groups in total. The highest BCUT2D eigenvalue weighted by molar-refractivity contribution is 7.89. The molecule has 0 amide bonds. The van der Waals surface area contributed by atoms with E-state index in [2.05, 4.69) is 4.72 Å². The van der Waals surface area contributed by atoms with Gasteiger partial charge in [-0.25, -0.2) is 13.1 Å². The first-order valence-electron chi connectivity index (χ1n) is 5.92. The van der Waals surface area contributed by atoms with Gasteiger partial charge in [-0.3, -0.25) is 0 Å². The van der Waals surface area contributed by atoms with Crippen LogP contribution in [0.3, 0.4) is 0 Å². The Labute approximate surface area is 113 Å². The molecule has 0 spiro atoms. The molecule has 0 radical (unpaired) electrons. The summed E-state index contributed by atoms with van der Waals surface area (Å²) in [4.78, 5) is 0.00956. The van der Waals surface area contributed by atoms with Crippen LogP contribution in [0.1, 0.15) is 18.9 Å². The zero-order valence-electron chi connectivity index (χ0n) is 11.0. The number of nitrogens with one attached hydrogen (secondary N) is 1. The van der Waals surface area contributed by atoms with Gasteiger partial charge in [0, 0.05) is 5.69 Å². The van der Waals surface area contributed by atoms with Gasteiger partial charge < -0.3 is 15.9 Å². The molecule has 6 nitrogen and oxygen atoms in total. The van der Waals surface area contributed by atoms with E-state index in [1.165, 1.54) is 12.1 Å². The molecule has 0 bridgehead atoms. The third-order valence-corrected chi connectivity index (χ3v) is 4.77. The zero-order valence-corrected chi connectivity index (χ0v) is 11.9. The fourth-order valence-corrected chi connectivity index (χ4v) is 3.03. The minimum Gasteiger partial charge on any atom is -0.398 e. The molecule has 0 aliphatic rings. The molecule has 0 aliphatic heterocycles. The van der Waals surface area contributed by atoms with Crippen LogP contribution in [0.25, 0.3) is 0 Å². The minimum atomic E-state index is -3.84. The maximum atomic E-state index is 12.2. The molecule has 0 aliphatic carbocycles. The average Bonchev–Trinajstić information content (AvgIpc) is 2.39. The highest BCUT2D eigenvalue weighted by atomic mass is 32.2. The van der Waals surface area contributed by atoms with Crippen LogP contribution in [0.15, 0.2) is 23.1 Å². The maximum absolute atomic E-state index is 12.2. The van der Waals surface area contributed by atoms with E-state index in [4.69, 9.17) is 5.73 Å². The van der Waals surface area contributed by atoms with E-state index >= 15 is 0 Å². The Morgan fingerprint density at radius 2 is 1.89 bits per heavy atom. The number of rotatable bonds is 6. The smallest absolute Gasteiger partial charge is 0.241 e. The SMILES string of the molecule is CCC(CO)(CO)NS(=O)(=O)c1ccc(C)c(N)c1. The topological polar surface area (TPSA) is 113 Å². The van der Waals surface area contributed by atoms with Gasteiger partial charge in [0.05, 0.1) is 23.6 Å². The summed E-state index contributed by atoms with van der Waals surface area (Å²) in [6.07, 6.45) is 0.264. The first-order valence-corrected chi connectivity index (χ1v) is 7.40. The third kappa shape index (κ3) is 3.44. The maximum Gasteiger partial charge on any atom is 0.241 e. The summed E-state index contributed by atoms with van der Waals surface area (Å²) in [6.45, 7) is 2.48. The van der Waals surface area contributed by atoms with Gasteiger partial charge in [-0.1, -0.05) is 13.0 Å². The summed E-state index contributed by atoms with van der Waals surface area (Å²) < 4.78 is 26.7. The Morgan fingerprint density at radius 3 is 2.32 bits per heavy atom. The van der Waals surface area contributed by atoms with E-state index in [-0.39, 0.29) is 11.3 Å². The van der Waals surface area contributed by atoms with Crippen molar-refractivity contribution < 1.29 is 18.6 Å². The number of nitrogen functional groups attached to an aromatic ring is 1. The van der Waals surface area contributed by atoms with Gasteiger partial charge in [0.15, 0.2) is 0 Å². The van der Waals surface area contributed by atoms with Gasteiger partial charge in [0.2, 0.25) is 10.0 Å². The van der Waals surface area contributed by atoms with Gasteiger partial charge in [-0.15, -0.1) is 0 Å². The van der Waals surface area contributed by atoms with Crippen LogP contribution in [0.5, 0.6) is 0 Å². The molecule has 0 unspecified atom stereocenters. The molecular weight excluding hydrogens is 268 g/mol. The summed E-state index contributed by atoms with van der Waals surface area (Å²) in [6, 6.07) is 4.39. The summed E-state index contributed by atoms with van der Waals surface area (Å²) in [7, 11) is -3.84. The fourth-order valence-electron chi connectivity index (χ4n) is 1.54. The van der Waals surface area contributed by atoms with E-state index in [9.17, 15) is 18.6 Å². The fraction of sp³-hybridized carbons (Fsp3) is 0.500. The van der Waals surface area contributed by atoms with Crippen LogP contribution in [0, 0.1) is 6.92 Å². The summed E-state index contributed by atoms with van der Waals surface area (Å²) in [5.74, 6) is 0. The van der Waals surface area contributed by atoms with E-state index in [1.54, 1.807) is 19.9 Å². The Morgan fingerprint density at radius 1 is 1.32 bits per heavy atom. The molecule has 1 aromatic carbocycles.